The number of hydrogen-bond acceptors (Lipinski definition) is 11. The van der Waals surface area contributed by atoms with Crippen LogP contribution in [-0.4, -0.2) is 84.6 Å². The fourth-order valence-electron chi connectivity index (χ4n) is 8.26. The van der Waals surface area contributed by atoms with E-state index < -0.39 is 73.6 Å². The fourth-order valence-corrected chi connectivity index (χ4v) is 9.79. The molecule has 14 nitrogen and oxygen atoms in total. The maximum atomic E-state index is 14.5. The van der Waals surface area contributed by atoms with Crippen LogP contribution < -0.4 is 30.1 Å². The molecule has 4 aromatic rings. The van der Waals surface area contributed by atoms with E-state index in [1.165, 1.54) is 13.3 Å². The van der Waals surface area contributed by atoms with Gasteiger partial charge in [-0.3, -0.25) is 34.1 Å². The van der Waals surface area contributed by atoms with E-state index in [9.17, 15) is 27.6 Å². The highest BCUT2D eigenvalue weighted by molar-refractivity contribution is 7.91. The standard InChI is InChI=1S/C46H53ClN6O8S/c1-8-28-24-46(28,43(57)52-62(58,59)33-18-19-33)53-26-32(61-42-35-22-30(47)17-20-34(35)37(60-7)25-48-42)23-36(53)40(55)50-41(56)38(44(2,3)4)49-31-16-12-13-27(21-31)39(54)51-45(5,6)29-14-10-9-11-15-29/h8-17,20-22,25,28,32-33,36,38,49H,1,18-19,23-24,26H2,2-7H3,(H,51,54)(H,52,57)(H,50,55,56)/t28-,32-,36+,38+,46-/m1/s1. The zero-order valence-corrected chi connectivity index (χ0v) is 37.2. The summed E-state index contributed by atoms with van der Waals surface area (Å²) in [4.78, 5) is 62.6. The summed E-state index contributed by atoms with van der Waals surface area (Å²) in [6.07, 6.45) is 3.48. The van der Waals surface area contributed by atoms with Gasteiger partial charge in [-0.25, -0.2) is 13.4 Å². The average Bonchev–Trinajstić information content (AvgIpc) is 4.16. The fraction of sp³-hybridized carbons (Fsp3) is 0.413. The molecule has 2 heterocycles. The number of aromatic nitrogens is 1. The van der Waals surface area contributed by atoms with Crippen molar-refractivity contribution in [2.75, 3.05) is 19.0 Å². The molecule has 1 aromatic heterocycles. The minimum Gasteiger partial charge on any atom is -0.494 e. The van der Waals surface area contributed by atoms with E-state index in [2.05, 4.69) is 32.2 Å². The number of sulfonamides is 1. The van der Waals surface area contributed by atoms with Crippen LogP contribution in [0.15, 0.2) is 91.6 Å². The number of imide groups is 1. The molecule has 5 atom stereocenters. The van der Waals surface area contributed by atoms with Crippen LogP contribution in [0.4, 0.5) is 5.69 Å². The van der Waals surface area contributed by atoms with E-state index in [1.807, 2.05) is 65.0 Å². The van der Waals surface area contributed by atoms with Crippen molar-refractivity contribution in [1.82, 2.24) is 25.2 Å². The Bertz CT molecular complexity index is 2530. The molecule has 2 saturated carbocycles. The van der Waals surface area contributed by atoms with Gasteiger partial charge >= 0.3 is 0 Å². The molecule has 62 heavy (non-hydrogen) atoms. The highest BCUT2D eigenvalue weighted by Crippen LogP contribution is 2.53. The maximum absolute atomic E-state index is 14.5. The molecule has 0 bridgehead atoms. The van der Waals surface area contributed by atoms with Crippen molar-refractivity contribution in [3.63, 3.8) is 0 Å². The largest absolute Gasteiger partial charge is 0.494 e. The molecule has 3 aromatic carbocycles. The summed E-state index contributed by atoms with van der Waals surface area (Å²) in [5, 5.41) is 9.97. The Morgan fingerprint density at radius 1 is 0.984 bits per heavy atom. The van der Waals surface area contributed by atoms with E-state index in [1.54, 1.807) is 53.4 Å². The second kappa shape index (κ2) is 17.0. The van der Waals surface area contributed by atoms with E-state index in [-0.39, 0.29) is 31.2 Å². The maximum Gasteiger partial charge on any atom is 0.254 e. The van der Waals surface area contributed by atoms with Gasteiger partial charge in [-0.05, 0) is 80.5 Å². The SMILES string of the molecule is C=C[C@@H]1C[C@@]1(C(=O)NS(=O)(=O)C1CC1)N1C[C@H](Oc2ncc(OC)c3ccc(Cl)cc23)C[C@H]1C(=O)NC(=O)[C@H](Nc1cccc(C(=O)NC(C)(C)c2ccccc2)c1)C(C)(C)C. The van der Waals surface area contributed by atoms with Crippen LogP contribution in [0.1, 0.15) is 76.2 Å². The third-order valence-corrected chi connectivity index (χ3v) is 14.0. The van der Waals surface area contributed by atoms with Gasteiger partial charge in [-0.2, -0.15) is 0 Å². The zero-order valence-electron chi connectivity index (χ0n) is 35.7. The van der Waals surface area contributed by atoms with Crippen LogP contribution in [0.25, 0.3) is 10.8 Å². The summed E-state index contributed by atoms with van der Waals surface area (Å²) < 4.78 is 40.4. The molecule has 0 spiro atoms. The van der Waals surface area contributed by atoms with Crippen molar-refractivity contribution in [3.05, 3.63) is 108 Å². The number of carbonyl (C=O) groups is 4. The molecule has 1 saturated heterocycles. The lowest BCUT2D eigenvalue weighted by molar-refractivity contribution is -0.136. The molecule has 1 aliphatic heterocycles. The quantitative estimate of drug-likeness (QED) is 0.101. The lowest BCUT2D eigenvalue weighted by Gasteiger charge is -2.34. The second-order valence-corrected chi connectivity index (χ2v) is 20.3. The number of fused-ring (bicyclic) bond motifs is 1. The lowest BCUT2D eigenvalue weighted by Crippen LogP contribution is -2.59. The smallest absolute Gasteiger partial charge is 0.254 e. The minimum atomic E-state index is -3.95. The topological polar surface area (TPSA) is 185 Å². The number of likely N-dealkylation sites (tertiary alicyclic amines) is 1. The summed E-state index contributed by atoms with van der Waals surface area (Å²) in [6, 6.07) is 19.5. The van der Waals surface area contributed by atoms with E-state index in [0.29, 0.717) is 45.6 Å². The number of nitrogens with zero attached hydrogens (tertiary/aromatic N) is 2. The molecule has 16 heteroatoms. The van der Waals surface area contributed by atoms with Gasteiger partial charge in [-0.15, -0.1) is 6.58 Å². The Morgan fingerprint density at radius 3 is 2.35 bits per heavy atom. The summed E-state index contributed by atoms with van der Waals surface area (Å²) in [5.41, 5.74) is -1.09. The van der Waals surface area contributed by atoms with Crippen LogP contribution >= 0.6 is 11.6 Å². The molecular formula is C46H53ClN6O8S. The highest BCUT2D eigenvalue weighted by atomic mass is 35.5. The van der Waals surface area contributed by atoms with Crippen molar-refractivity contribution in [1.29, 1.82) is 0 Å². The Kier molecular flexibility index (Phi) is 12.2. The van der Waals surface area contributed by atoms with Gasteiger partial charge in [-0.1, -0.05) is 74.8 Å². The van der Waals surface area contributed by atoms with Gasteiger partial charge in [0.15, 0.2) is 0 Å². The van der Waals surface area contributed by atoms with E-state index in [4.69, 9.17) is 21.1 Å². The first kappa shape index (κ1) is 44.5. The monoisotopic (exact) mass is 884 g/mol. The number of hydrogen-bond donors (Lipinski definition) is 4. The summed E-state index contributed by atoms with van der Waals surface area (Å²) in [6.45, 7) is 13.3. The summed E-state index contributed by atoms with van der Waals surface area (Å²) in [7, 11) is -2.42. The molecule has 7 rings (SSSR count). The number of ether oxygens (including phenoxy) is 2. The minimum absolute atomic E-state index is 0.0141. The molecule has 328 valence electrons. The number of rotatable bonds is 15. The Labute approximate surface area is 367 Å². The van der Waals surface area contributed by atoms with Gasteiger partial charge in [0, 0.05) is 45.9 Å². The van der Waals surface area contributed by atoms with Crippen LogP contribution in [0.3, 0.4) is 0 Å². The van der Waals surface area contributed by atoms with Crippen LogP contribution in [0.2, 0.25) is 5.02 Å². The third kappa shape index (κ3) is 9.16. The van der Waals surface area contributed by atoms with E-state index in [0.717, 1.165) is 5.56 Å². The number of nitrogens with one attached hydrogen (secondary N) is 4. The van der Waals surface area contributed by atoms with Gasteiger partial charge in [0.25, 0.3) is 11.8 Å². The van der Waals surface area contributed by atoms with Crippen LogP contribution in [0.5, 0.6) is 11.6 Å². The second-order valence-electron chi connectivity index (χ2n) is 17.9. The number of methoxy groups -OCH3 is 1. The van der Waals surface area contributed by atoms with Crippen molar-refractivity contribution >= 4 is 61.7 Å². The van der Waals surface area contributed by atoms with Crippen LogP contribution in [-0.2, 0) is 29.9 Å². The number of carbonyl (C=O) groups excluding carboxylic acids is 4. The molecule has 4 N–H and O–H groups in total. The van der Waals surface area contributed by atoms with Gasteiger partial charge in [0.05, 0.1) is 30.1 Å². The summed E-state index contributed by atoms with van der Waals surface area (Å²) >= 11 is 6.38. The lowest BCUT2D eigenvalue weighted by atomic mass is 9.85. The van der Waals surface area contributed by atoms with Gasteiger partial charge in [0.2, 0.25) is 27.7 Å². The third-order valence-electron chi connectivity index (χ3n) is 11.9. The number of benzene rings is 3. The molecule has 4 amide bonds. The first-order valence-corrected chi connectivity index (χ1v) is 22.5. The van der Waals surface area contributed by atoms with Crippen molar-refractivity contribution in [3.8, 4) is 11.6 Å². The number of halogens is 1. The molecule has 0 unspecified atom stereocenters. The molecule has 3 fully saturated rings. The first-order valence-electron chi connectivity index (χ1n) is 20.6. The first-order chi connectivity index (χ1) is 29.3. The Morgan fingerprint density at radius 2 is 1.71 bits per heavy atom. The van der Waals surface area contributed by atoms with Gasteiger partial charge < -0.3 is 20.1 Å². The molecule has 2 aliphatic carbocycles. The summed E-state index contributed by atoms with van der Waals surface area (Å²) in [5.74, 6) is -2.19. The van der Waals surface area contributed by atoms with Crippen LogP contribution in [0, 0.1) is 11.3 Å². The number of pyridine rings is 1. The molecule has 0 radical (unpaired) electrons. The number of amides is 4. The Balaban J connectivity index is 1.14. The normalized spacial score (nSPS) is 22.0. The predicted molar refractivity (Wildman–Crippen MR) is 237 cm³/mol. The van der Waals surface area contributed by atoms with Gasteiger partial charge in [0.1, 0.15) is 23.4 Å². The predicted octanol–water partition coefficient (Wildman–Crippen LogP) is 6.11. The van der Waals surface area contributed by atoms with Crippen molar-refractivity contribution in [2.45, 2.75) is 94.8 Å². The highest BCUT2D eigenvalue weighted by Gasteiger charge is 2.67. The molecular weight excluding hydrogens is 832 g/mol. The Hall–Kier alpha value is -5.51. The molecule has 3 aliphatic rings. The van der Waals surface area contributed by atoms with Crippen molar-refractivity contribution in [2.24, 2.45) is 11.3 Å². The van der Waals surface area contributed by atoms with E-state index >= 15 is 0 Å². The van der Waals surface area contributed by atoms with Crippen molar-refractivity contribution < 1.29 is 37.1 Å². The average molecular weight is 885 g/mol. The number of anilines is 1. The zero-order chi connectivity index (χ0) is 44.8.